The Balaban J connectivity index is 1.66. The maximum atomic E-state index is 6.38. The summed E-state index contributed by atoms with van der Waals surface area (Å²) in [5.41, 5.74) is 2.68. The van der Waals surface area contributed by atoms with E-state index in [1.807, 2.05) is 0 Å². The molecule has 1 N–H and O–H groups in total. The molecule has 1 aromatic rings. The van der Waals surface area contributed by atoms with Gasteiger partial charge in [-0.15, -0.1) is 0 Å². The molecule has 2 aliphatic heterocycles. The second-order valence-electron chi connectivity index (χ2n) is 7.03. The summed E-state index contributed by atoms with van der Waals surface area (Å²) in [6.07, 6.45) is 4.61. The Bertz CT molecular complexity index is 490. The monoisotopic (exact) mass is 288 g/mol. The number of hydrogen-bond donors (Lipinski definition) is 1. The van der Waals surface area contributed by atoms with E-state index < -0.39 is 0 Å². The molecule has 116 valence electrons. The number of nitrogens with one attached hydrogen (secondary N) is 1. The van der Waals surface area contributed by atoms with E-state index in [0.717, 1.165) is 44.6 Å². The van der Waals surface area contributed by atoms with Gasteiger partial charge in [0.1, 0.15) is 11.4 Å². The Kier molecular flexibility index (Phi) is 4.12. The number of aryl methyl sites for hydroxylation is 1. The Morgan fingerprint density at radius 3 is 2.71 bits per heavy atom. The highest BCUT2D eigenvalue weighted by Crippen LogP contribution is 2.32. The van der Waals surface area contributed by atoms with Gasteiger partial charge in [0.15, 0.2) is 0 Å². The number of fused-ring (bicyclic) bond motifs is 1. The summed E-state index contributed by atoms with van der Waals surface area (Å²) in [4.78, 5) is 2.54. The Morgan fingerprint density at radius 1 is 1.24 bits per heavy atom. The van der Waals surface area contributed by atoms with E-state index in [9.17, 15) is 0 Å². The lowest BCUT2D eigenvalue weighted by Crippen LogP contribution is -2.48. The SMILES string of the molecule is CC(C)N1CCC(C)(Oc2ccc3c(c2)CCCN3)CC1. The van der Waals surface area contributed by atoms with Crippen molar-refractivity contribution in [2.45, 2.75) is 58.1 Å². The highest BCUT2D eigenvalue weighted by atomic mass is 16.5. The fourth-order valence-electron chi connectivity index (χ4n) is 3.41. The van der Waals surface area contributed by atoms with Crippen LogP contribution in [0.25, 0.3) is 0 Å². The van der Waals surface area contributed by atoms with Crippen molar-refractivity contribution in [2.75, 3.05) is 25.0 Å². The van der Waals surface area contributed by atoms with Crippen LogP contribution in [0.2, 0.25) is 0 Å². The van der Waals surface area contributed by atoms with Gasteiger partial charge in [-0.05, 0) is 70.2 Å². The first-order chi connectivity index (χ1) is 10.1. The Morgan fingerprint density at radius 2 is 2.00 bits per heavy atom. The maximum absolute atomic E-state index is 6.38. The molecule has 21 heavy (non-hydrogen) atoms. The molecule has 0 saturated carbocycles. The minimum Gasteiger partial charge on any atom is -0.487 e. The molecule has 0 atom stereocenters. The van der Waals surface area contributed by atoms with Gasteiger partial charge in [0.2, 0.25) is 0 Å². The summed E-state index contributed by atoms with van der Waals surface area (Å²) in [5.74, 6) is 1.04. The van der Waals surface area contributed by atoms with Gasteiger partial charge >= 0.3 is 0 Å². The third-order valence-corrected chi connectivity index (χ3v) is 4.97. The fourth-order valence-corrected chi connectivity index (χ4v) is 3.41. The van der Waals surface area contributed by atoms with E-state index in [2.05, 4.69) is 49.2 Å². The van der Waals surface area contributed by atoms with Gasteiger partial charge in [-0.2, -0.15) is 0 Å². The zero-order valence-electron chi connectivity index (χ0n) is 13.6. The molecule has 1 saturated heterocycles. The molecule has 0 radical (unpaired) electrons. The number of hydrogen-bond acceptors (Lipinski definition) is 3. The molecule has 3 nitrogen and oxygen atoms in total. The largest absolute Gasteiger partial charge is 0.487 e. The van der Waals surface area contributed by atoms with Crippen molar-refractivity contribution in [2.24, 2.45) is 0 Å². The van der Waals surface area contributed by atoms with E-state index in [1.54, 1.807) is 0 Å². The number of likely N-dealkylation sites (tertiary alicyclic amines) is 1. The minimum absolute atomic E-state index is 0.0122. The van der Waals surface area contributed by atoms with Gasteiger partial charge in [0.05, 0.1) is 0 Å². The zero-order valence-corrected chi connectivity index (χ0v) is 13.6. The standard InChI is InChI=1S/C18H28N2O/c1-14(2)20-11-8-18(3,9-12-20)21-16-6-7-17-15(13-16)5-4-10-19-17/h6-7,13-14,19H,4-5,8-12H2,1-3H3. The molecule has 3 rings (SSSR count). The van der Waals surface area contributed by atoms with Gasteiger partial charge in [0.25, 0.3) is 0 Å². The molecule has 1 aromatic carbocycles. The molecule has 0 aliphatic carbocycles. The van der Waals surface area contributed by atoms with Gasteiger partial charge in [-0.1, -0.05) is 0 Å². The predicted octanol–water partition coefficient (Wildman–Crippen LogP) is 3.69. The minimum atomic E-state index is -0.0122. The maximum Gasteiger partial charge on any atom is 0.120 e. The molecule has 0 amide bonds. The molecule has 3 heteroatoms. The first-order valence-corrected chi connectivity index (χ1v) is 8.36. The number of ether oxygens (including phenoxy) is 1. The topological polar surface area (TPSA) is 24.5 Å². The third kappa shape index (κ3) is 3.34. The van der Waals surface area contributed by atoms with Crippen LogP contribution < -0.4 is 10.1 Å². The second kappa shape index (κ2) is 5.88. The lowest BCUT2D eigenvalue weighted by molar-refractivity contribution is 0.00796. The molecule has 2 heterocycles. The number of rotatable bonds is 3. The summed E-state index contributed by atoms with van der Waals surface area (Å²) < 4.78 is 6.38. The fraction of sp³-hybridized carbons (Fsp3) is 0.667. The van der Waals surface area contributed by atoms with Crippen molar-refractivity contribution in [3.8, 4) is 5.75 Å². The van der Waals surface area contributed by atoms with Crippen LogP contribution in [0.5, 0.6) is 5.75 Å². The van der Waals surface area contributed by atoms with Crippen LogP contribution in [0.15, 0.2) is 18.2 Å². The number of nitrogens with zero attached hydrogens (tertiary/aromatic N) is 1. The van der Waals surface area contributed by atoms with Gasteiger partial charge in [-0.25, -0.2) is 0 Å². The molecule has 0 bridgehead atoms. The average Bonchev–Trinajstić information content (AvgIpc) is 2.47. The average molecular weight is 288 g/mol. The normalized spacial score (nSPS) is 21.7. The van der Waals surface area contributed by atoms with Crippen molar-refractivity contribution in [1.82, 2.24) is 4.90 Å². The smallest absolute Gasteiger partial charge is 0.120 e. The van der Waals surface area contributed by atoms with E-state index in [0.29, 0.717) is 6.04 Å². The summed E-state index contributed by atoms with van der Waals surface area (Å²) in [6, 6.07) is 7.18. The highest BCUT2D eigenvalue weighted by molar-refractivity contribution is 5.55. The van der Waals surface area contributed by atoms with Crippen LogP contribution >= 0.6 is 0 Å². The molecule has 1 fully saturated rings. The van der Waals surface area contributed by atoms with Crippen molar-refractivity contribution in [1.29, 1.82) is 0 Å². The molecule has 0 unspecified atom stereocenters. The summed E-state index contributed by atoms with van der Waals surface area (Å²) in [5, 5.41) is 3.46. The van der Waals surface area contributed by atoms with Crippen molar-refractivity contribution < 1.29 is 4.74 Å². The van der Waals surface area contributed by atoms with E-state index in [-0.39, 0.29) is 5.60 Å². The van der Waals surface area contributed by atoms with Crippen LogP contribution in [0.4, 0.5) is 5.69 Å². The summed E-state index contributed by atoms with van der Waals surface area (Å²) in [7, 11) is 0. The Hall–Kier alpha value is -1.22. The molecular weight excluding hydrogens is 260 g/mol. The van der Waals surface area contributed by atoms with E-state index >= 15 is 0 Å². The first-order valence-electron chi connectivity index (χ1n) is 8.36. The second-order valence-corrected chi connectivity index (χ2v) is 7.03. The van der Waals surface area contributed by atoms with Gasteiger partial charge in [-0.3, -0.25) is 0 Å². The highest BCUT2D eigenvalue weighted by Gasteiger charge is 2.32. The van der Waals surface area contributed by atoms with E-state index in [1.165, 1.54) is 17.7 Å². The quantitative estimate of drug-likeness (QED) is 0.918. The number of benzene rings is 1. The molecule has 2 aliphatic rings. The van der Waals surface area contributed by atoms with Gasteiger partial charge < -0.3 is 15.0 Å². The zero-order chi connectivity index (χ0) is 14.9. The van der Waals surface area contributed by atoms with Crippen molar-refractivity contribution in [3.05, 3.63) is 23.8 Å². The molecule has 0 aromatic heterocycles. The molecular formula is C18H28N2O. The summed E-state index contributed by atoms with van der Waals surface area (Å²) in [6.45, 7) is 10.2. The van der Waals surface area contributed by atoms with Crippen LogP contribution in [0, 0.1) is 0 Å². The lowest BCUT2D eigenvalue weighted by Gasteiger charge is -2.41. The van der Waals surface area contributed by atoms with Crippen LogP contribution in [0.3, 0.4) is 0 Å². The summed E-state index contributed by atoms with van der Waals surface area (Å²) >= 11 is 0. The molecule has 0 spiro atoms. The van der Waals surface area contributed by atoms with Crippen LogP contribution in [0.1, 0.15) is 45.6 Å². The third-order valence-electron chi connectivity index (χ3n) is 4.97. The van der Waals surface area contributed by atoms with Crippen LogP contribution in [-0.4, -0.2) is 36.2 Å². The van der Waals surface area contributed by atoms with Crippen LogP contribution in [-0.2, 0) is 6.42 Å². The number of piperidine rings is 1. The van der Waals surface area contributed by atoms with Crippen molar-refractivity contribution in [3.63, 3.8) is 0 Å². The number of anilines is 1. The van der Waals surface area contributed by atoms with Gasteiger partial charge in [0, 0.05) is 31.4 Å². The van der Waals surface area contributed by atoms with E-state index in [4.69, 9.17) is 4.74 Å². The predicted molar refractivity (Wildman–Crippen MR) is 88.2 cm³/mol. The van der Waals surface area contributed by atoms with Crippen molar-refractivity contribution >= 4 is 5.69 Å². The first kappa shape index (κ1) is 14.7. The lowest BCUT2D eigenvalue weighted by atomic mass is 9.92. The Labute approximate surface area is 128 Å².